The van der Waals surface area contributed by atoms with Crippen LogP contribution < -0.4 is 15.5 Å². The highest BCUT2D eigenvalue weighted by Gasteiger charge is 2.29. The zero-order chi connectivity index (χ0) is 17.1. The molecule has 0 spiro atoms. The lowest BCUT2D eigenvalue weighted by Crippen LogP contribution is -2.55. The van der Waals surface area contributed by atoms with Gasteiger partial charge in [0, 0.05) is 25.2 Å². The minimum atomic E-state index is -0.317. The molecule has 24 heavy (non-hydrogen) atoms. The van der Waals surface area contributed by atoms with Crippen molar-refractivity contribution in [2.75, 3.05) is 24.6 Å². The number of benzene rings is 1. The van der Waals surface area contributed by atoms with Gasteiger partial charge in [0.05, 0.1) is 18.8 Å². The number of morpholine rings is 1. The Morgan fingerprint density at radius 3 is 2.75 bits per heavy atom. The van der Waals surface area contributed by atoms with E-state index in [1.165, 1.54) is 0 Å². The van der Waals surface area contributed by atoms with Crippen LogP contribution in [0.1, 0.15) is 38.3 Å². The van der Waals surface area contributed by atoms with Crippen LogP contribution in [0.2, 0.25) is 0 Å². The Labute approximate surface area is 142 Å². The lowest BCUT2D eigenvalue weighted by Gasteiger charge is -2.30. The molecule has 6 nitrogen and oxygen atoms in total. The average molecular weight is 331 g/mol. The van der Waals surface area contributed by atoms with Gasteiger partial charge in [-0.05, 0) is 38.0 Å². The molecule has 2 aliphatic heterocycles. The summed E-state index contributed by atoms with van der Waals surface area (Å²) in [4.78, 5) is 26.0. The van der Waals surface area contributed by atoms with E-state index in [2.05, 4.69) is 10.6 Å². The van der Waals surface area contributed by atoms with E-state index in [0.717, 1.165) is 24.2 Å². The molecule has 2 heterocycles. The van der Waals surface area contributed by atoms with E-state index in [9.17, 15) is 9.59 Å². The van der Waals surface area contributed by atoms with Gasteiger partial charge < -0.3 is 20.3 Å². The summed E-state index contributed by atoms with van der Waals surface area (Å²) >= 11 is 0. The number of nitrogens with zero attached hydrogens (tertiary/aromatic N) is 1. The SMILES string of the molecule is CC(NC(=O)[C@H]1NCCO[C@@H]1C)c1ccc(N2CCCC2=O)cc1. The first-order chi connectivity index (χ1) is 11.6. The molecule has 1 unspecified atom stereocenters. The van der Waals surface area contributed by atoms with Crippen molar-refractivity contribution in [2.24, 2.45) is 0 Å². The van der Waals surface area contributed by atoms with E-state index in [4.69, 9.17) is 4.74 Å². The molecule has 0 aromatic heterocycles. The topological polar surface area (TPSA) is 70.7 Å². The summed E-state index contributed by atoms with van der Waals surface area (Å²) in [5, 5.41) is 6.23. The third-order valence-electron chi connectivity index (χ3n) is 4.74. The maximum Gasteiger partial charge on any atom is 0.240 e. The number of rotatable bonds is 4. The molecule has 6 heteroatoms. The Morgan fingerprint density at radius 2 is 2.12 bits per heavy atom. The molecule has 2 N–H and O–H groups in total. The van der Waals surface area contributed by atoms with Gasteiger partial charge in [0.15, 0.2) is 0 Å². The van der Waals surface area contributed by atoms with E-state index in [1.807, 2.05) is 43.0 Å². The minimum absolute atomic E-state index is 0.0477. The molecule has 1 aromatic carbocycles. The van der Waals surface area contributed by atoms with Crippen LogP contribution in [0.3, 0.4) is 0 Å². The molecule has 3 rings (SSSR count). The standard InChI is InChI=1S/C18H25N3O3/c1-12(20-18(23)17-13(2)24-11-9-19-17)14-5-7-15(8-6-14)21-10-3-4-16(21)22/h5-8,12-13,17,19H,3-4,9-11H2,1-2H3,(H,20,23)/t12?,13-,17+/m1/s1. The van der Waals surface area contributed by atoms with Gasteiger partial charge in [-0.15, -0.1) is 0 Å². The molecule has 0 radical (unpaired) electrons. The van der Waals surface area contributed by atoms with Crippen LogP contribution in [0, 0.1) is 0 Å². The van der Waals surface area contributed by atoms with Crippen LogP contribution in [0.25, 0.3) is 0 Å². The first kappa shape index (κ1) is 16.9. The predicted molar refractivity (Wildman–Crippen MR) is 91.8 cm³/mol. The third-order valence-corrected chi connectivity index (χ3v) is 4.74. The van der Waals surface area contributed by atoms with Crippen molar-refractivity contribution >= 4 is 17.5 Å². The molecule has 2 aliphatic rings. The van der Waals surface area contributed by atoms with Gasteiger partial charge in [-0.25, -0.2) is 0 Å². The Hall–Kier alpha value is -1.92. The number of nitrogens with one attached hydrogen (secondary N) is 2. The molecule has 1 aromatic rings. The number of amides is 2. The quantitative estimate of drug-likeness (QED) is 0.874. The Kier molecular flexibility index (Phi) is 5.16. The van der Waals surface area contributed by atoms with Crippen molar-refractivity contribution in [3.63, 3.8) is 0 Å². The van der Waals surface area contributed by atoms with Gasteiger partial charge in [0.1, 0.15) is 6.04 Å². The van der Waals surface area contributed by atoms with E-state index in [0.29, 0.717) is 19.6 Å². The second kappa shape index (κ2) is 7.32. The molecule has 2 saturated heterocycles. The van der Waals surface area contributed by atoms with E-state index >= 15 is 0 Å². The Balaban J connectivity index is 1.61. The fraction of sp³-hybridized carbons (Fsp3) is 0.556. The normalized spacial score (nSPS) is 25.6. The molecule has 3 atom stereocenters. The maximum absolute atomic E-state index is 12.4. The summed E-state index contributed by atoms with van der Waals surface area (Å²) in [5.74, 6) is 0.134. The number of carbonyl (C=O) groups is 2. The summed E-state index contributed by atoms with van der Waals surface area (Å²) in [6, 6.07) is 7.43. The van der Waals surface area contributed by atoms with Gasteiger partial charge in [-0.1, -0.05) is 12.1 Å². The van der Waals surface area contributed by atoms with Crippen LogP contribution in [0.15, 0.2) is 24.3 Å². The van der Waals surface area contributed by atoms with Crippen LogP contribution in [0.4, 0.5) is 5.69 Å². The summed E-state index contributed by atoms with van der Waals surface area (Å²) in [6.45, 7) is 5.98. The minimum Gasteiger partial charge on any atom is -0.375 e. The van der Waals surface area contributed by atoms with Gasteiger partial charge in [-0.2, -0.15) is 0 Å². The zero-order valence-electron chi connectivity index (χ0n) is 14.2. The lowest BCUT2D eigenvalue weighted by molar-refractivity contribution is -0.129. The van der Waals surface area contributed by atoms with Gasteiger partial charge >= 0.3 is 0 Å². The highest BCUT2D eigenvalue weighted by atomic mass is 16.5. The molecule has 2 amide bonds. The molecule has 0 saturated carbocycles. The zero-order valence-corrected chi connectivity index (χ0v) is 14.2. The molecule has 0 aliphatic carbocycles. The maximum atomic E-state index is 12.4. The van der Waals surface area contributed by atoms with Crippen molar-refractivity contribution in [3.8, 4) is 0 Å². The lowest BCUT2D eigenvalue weighted by atomic mass is 10.1. The third kappa shape index (κ3) is 3.60. The Bertz CT molecular complexity index is 602. The summed E-state index contributed by atoms with van der Waals surface area (Å²) in [6.07, 6.45) is 1.42. The highest BCUT2D eigenvalue weighted by Crippen LogP contribution is 2.23. The first-order valence-corrected chi connectivity index (χ1v) is 8.62. The molecule has 130 valence electrons. The van der Waals surface area contributed by atoms with Gasteiger partial charge in [0.2, 0.25) is 11.8 Å². The van der Waals surface area contributed by atoms with Gasteiger partial charge in [0.25, 0.3) is 0 Å². The fourth-order valence-electron chi connectivity index (χ4n) is 3.28. The summed E-state index contributed by atoms with van der Waals surface area (Å²) in [7, 11) is 0. The number of anilines is 1. The monoisotopic (exact) mass is 331 g/mol. The molecule has 2 fully saturated rings. The fourth-order valence-corrected chi connectivity index (χ4v) is 3.28. The van der Waals surface area contributed by atoms with Crippen LogP contribution in [-0.4, -0.2) is 43.7 Å². The smallest absolute Gasteiger partial charge is 0.240 e. The second-order valence-electron chi connectivity index (χ2n) is 6.48. The largest absolute Gasteiger partial charge is 0.375 e. The van der Waals surface area contributed by atoms with E-state index in [1.54, 1.807) is 0 Å². The van der Waals surface area contributed by atoms with Crippen LogP contribution >= 0.6 is 0 Å². The van der Waals surface area contributed by atoms with Crippen molar-refractivity contribution in [2.45, 2.75) is 44.9 Å². The van der Waals surface area contributed by atoms with Crippen LogP contribution in [0.5, 0.6) is 0 Å². The number of hydrogen-bond acceptors (Lipinski definition) is 4. The number of ether oxygens (including phenoxy) is 1. The number of hydrogen-bond donors (Lipinski definition) is 2. The highest BCUT2D eigenvalue weighted by molar-refractivity contribution is 5.95. The van der Waals surface area contributed by atoms with Crippen molar-refractivity contribution in [3.05, 3.63) is 29.8 Å². The second-order valence-corrected chi connectivity index (χ2v) is 6.48. The molecular formula is C18H25N3O3. The van der Waals surface area contributed by atoms with E-state index in [-0.39, 0.29) is 30.0 Å². The van der Waals surface area contributed by atoms with Gasteiger partial charge in [-0.3, -0.25) is 9.59 Å². The average Bonchev–Trinajstić information content (AvgIpc) is 3.01. The number of carbonyl (C=O) groups excluding carboxylic acids is 2. The van der Waals surface area contributed by atoms with Crippen molar-refractivity contribution < 1.29 is 14.3 Å². The predicted octanol–water partition coefficient (Wildman–Crippen LogP) is 1.37. The molecular weight excluding hydrogens is 306 g/mol. The summed E-state index contributed by atoms with van der Waals surface area (Å²) in [5.41, 5.74) is 1.94. The van der Waals surface area contributed by atoms with E-state index < -0.39 is 0 Å². The van der Waals surface area contributed by atoms with Crippen LogP contribution in [-0.2, 0) is 14.3 Å². The molecule has 0 bridgehead atoms. The first-order valence-electron chi connectivity index (χ1n) is 8.62. The summed E-state index contributed by atoms with van der Waals surface area (Å²) < 4.78 is 5.52. The Morgan fingerprint density at radius 1 is 1.38 bits per heavy atom. The van der Waals surface area contributed by atoms with Crippen molar-refractivity contribution in [1.29, 1.82) is 0 Å². The van der Waals surface area contributed by atoms with Crippen molar-refractivity contribution in [1.82, 2.24) is 10.6 Å².